The van der Waals surface area contributed by atoms with Gasteiger partial charge < -0.3 is 19.8 Å². The number of carbonyl (C=O) groups excluding carboxylic acids is 1. The van der Waals surface area contributed by atoms with Crippen LogP contribution in [-0.4, -0.2) is 36.4 Å². The molecule has 1 amide bonds. The maximum atomic E-state index is 12.5. The molecule has 0 aliphatic heterocycles. The summed E-state index contributed by atoms with van der Waals surface area (Å²) in [5.74, 6) is 1.94. The number of amides is 1. The minimum absolute atomic E-state index is 0.111. The van der Waals surface area contributed by atoms with Crippen LogP contribution in [-0.2, 0) is 0 Å². The standard InChI is InChI=1S/C22H26N2O3S/c1-4-26-19-11-10-16(14-20(19)27-5-2)22(25)23-12-13-28-21-15(3)24-18-9-7-6-8-17(18)21/h6-11,14,24H,4-5,12-13H2,1-3H3,(H,23,25). The predicted octanol–water partition coefficient (Wildman–Crippen LogP) is 4.80. The Kier molecular flexibility index (Phi) is 6.87. The fraction of sp³-hybridized carbons (Fsp3) is 0.318. The molecule has 5 nitrogen and oxygen atoms in total. The number of nitrogens with one attached hydrogen (secondary N) is 2. The highest BCUT2D eigenvalue weighted by molar-refractivity contribution is 7.99. The Balaban J connectivity index is 1.58. The van der Waals surface area contributed by atoms with Crippen molar-refractivity contribution in [3.05, 3.63) is 53.7 Å². The average Bonchev–Trinajstić information content (AvgIpc) is 3.02. The Bertz CT molecular complexity index is 952. The number of aromatic amines is 1. The molecule has 0 unspecified atom stereocenters. The molecule has 2 N–H and O–H groups in total. The molecule has 0 atom stereocenters. The molecular weight excluding hydrogens is 372 g/mol. The third kappa shape index (κ3) is 4.62. The highest BCUT2D eigenvalue weighted by Crippen LogP contribution is 2.31. The van der Waals surface area contributed by atoms with E-state index in [9.17, 15) is 4.79 Å². The molecule has 0 bridgehead atoms. The minimum Gasteiger partial charge on any atom is -0.490 e. The lowest BCUT2D eigenvalue weighted by Crippen LogP contribution is -2.25. The molecule has 0 saturated heterocycles. The fourth-order valence-electron chi connectivity index (χ4n) is 3.05. The molecule has 1 heterocycles. The van der Waals surface area contributed by atoms with Gasteiger partial charge in [-0.1, -0.05) is 18.2 Å². The first-order chi connectivity index (χ1) is 13.6. The second kappa shape index (κ2) is 9.55. The lowest BCUT2D eigenvalue weighted by Gasteiger charge is -2.12. The van der Waals surface area contributed by atoms with Gasteiger partial charge in [-0.15, -0.1) is 11.8 Å². The molecule has 3 rings (SSSR count). The summed E-state index contributed by atoms with van der Waals surface area (Å²) in [6.45, 7) is 7.56. The van der Waals surface area contributed by atoms with Gasteiger partial charge in [0, 0.05) is 39.4 Å². The van der Waals surface area contributed by atoms with Crippen LogP contribution in [0, 0.1) is 6.92 Å². The zero-order valence-corrected chi connectivity index (χ0v) is 17.3. The lowest BCUT2D eigenvalue weighted by atomic mass is 10.2. The van der Waals surface area contributed by atoms with Crippen molar-refractivity contribution in [2.75, 3.05) is 25.5 Å². The quantitative estimate of drug-likeness (QED) is 0.402. The minimum atomic E-state index is -0.111. The van der Waals surface area contributed by atoms with E-state index in [2.05, 4.69) is 29.4 Å². The zero-order valence-electron chi connectivity index (χ0n) is 16.5. The molecule has 0 saturated carbocycles. The molecule has 1 aromatic heterocycles. The summed E-state index contributed by atoms with van der Waals surface area (Å²) >= 11 is 1.75. The molecular formula is C22H26N2O3S. The van der Waals surface area contributed by atoms with Crippen LogP contribution in [0.5, 0.6) is 11.5 Å². The van der Waals surface area contributed by atoms with Gasteiger partial charge in [-0.05, 0) is 45.0 Å². The van der Waals surface area contributed by atoms with Crippen LogP contribution in [0.3, 0.4) is 0 Å². The number of aromatic nitrogens is 1. The van der Waals surface area contributed by atoms with Crippen molar-refractivity contribution in [1.29, 1.82) is 0 Å². The van der Waals surface area contributed by atoms with Crippen molar-refractivity contribution >= 4 is 28.6 Å². The Hall–Kier alpha value is -2.60. The van der Waals surface area contributed by atoms with Gasteiger partial charge in [-0.25, -0.2) is 0 Å². The van der Waals surface area contributed by atoms with Crippen LogP contribution >= 0.6 is 11.8 Å². The van der Waals surface area contributed by atoms with Crippen LogP contribution in [0.15, 0.2) is 47.4 Å². The van der Waals surface area contributed by atoms with E-state index in [0.717, 1.165) is 17.0 Å². The van der Waals surface area contributed by atoms with Crippen molar-refractivity contribution in [1.82, 2.24) is 10.3 Å². The van der Waals surface area contributed by atoms with E-state index in [0.29, 0.717) is 36.8 Å². The molecule has 0 radical (unpaired) electrons. The number of ether oxygens (including phenoxy) is 2. The second-order valence-corrected chi connectivity index (χ2v) is 7.36. The van der Waals surface area contributed by atoms with Crippen molar-refractivity contribution in [3.63, 3.8) is 0 Å². The topological polar surface area (TPSA) is 63.3 Å². The number of fused-ring (bicyclic) bond motifs is 1. The highest BCUT2D eigenvalue weighted by atomic mass is 32.2. The lowest BCUT2D eigenvalue weighted by molar-refractivity contribution is 0.0955. The SMILES string of the molecule is CCOc1ccc(C(=O)NCCSc2c(C)[nH]c3ccccc23)cc1OCC. The number of aryl methyl sites for hydroxylation is 1. The van der Waals surface area contributed by atoms with E-state index in [4.69, 9.17) is 9.47 Å². The summed E-state index contributed by atoms with van der Waals surface area (Å²) in [4.78, 5) is 17.1. The smallest absolute Gasteiger partial charge is 0.251 e. The summed E-state index contributed by atoms with van der Waals surface area (Å²) in [5.41, 5.74) is 2.87. The van der Waals surface area contributed by atoms with Crippen LogP contribution < -0.4 is 14.8 Å². The van der Waals surface area contributed by atoms with Gasteiger partial charge >= 0.3 is 0 Å². The number of hydrogen-bond donors (Lipinski definition) is 2. The van der Waals surface area contributed by atoms with Crippen LogP contribution in [0.2, 0.25) is 0 Å². The molecule has 148 valence electrons. The summed E-state index contributed by atoms with van der Waals surface area (Å²) < 4.78 is 11.1. The van der Waals surface area contributed by atoms with E-state index in [1.165, 1.54) is 10.3 Å². The van der Waals surface area contributed by atoms with Crippen molar-refractivity contribution in [3.8, 4) is 11.5 Å². The van der Waals surface area contributed by atoms with E-state index in [1.807, 2.05) is 26.0 Å². The van der Waals surface area contributed by atoms with E-state index < -0.39 is 0 Å². The number of carbonyl (C=O) groups is 1. The van der Waals surface area contributed by atoms with Crippen molar-refractivity contribution in [2.45, 2.75) is 25.7 Å². The maximum Gasteiger partial charge on any atom is 0.251 e. The van der Waals surface area contributed by atoms with E-state index in [-0.39, 0.29) is 5.91 Å². The van der Waals surface area contributed by atoms with Crippen molar-refractivity contribution < 1.29 is 14.3 Å². The molecule has 2 aromatic carbocycles. The summed E-state index contributed by atoms with van der Waals surface area (Å²) in [6.07, 6.45) is 0. The fourth-order valence-corrected chi connectivity index (χ4v) is 4.06. The number of benzene rings is 2. The Morgan fingerprint density at radius 1 is 1.07 bits per heavy atom. The molecule has 0 fully saturated rings. The molecule has 6 heteroatoms. The third-order valence-electron chi connectivity index (χ3n) is 4.27. The van der Waals surface area contributed by atoms with Gasteiger partial charge in [-0.2, -0.15) is 0 Å². The number of hydrogen-bond acceptors (Lipinski definition) is 4. The van der Waals surface area contributed by atoms with Gasteiger partial charge in [0.05, 0.1) is 13.2 Å². The summed E-state index contributed by atoms with van der Waals surface area (Å²) in [6, 6.07) is 13.6. The first kappa shape index (κ1) is 20.1. The number of rotatable bonds is 9. The summed E-state index contributed by atoms with van der Waals surface area (Å²) in [5, 5.41) is 4.21. The van der Waals surface area contributed by atoms with Crippen LogP contribution in [0.1, 0.15) is 29.9 Å². The molecule has 28 heavy (non-hydrogen) atoms. The monoisotopic (exact) mass is 398 g/mol. The summed E-state index contributed by atoms with van der Waals surface area (Å²) in [7, 11) is 0. The molecule has 0 spiro atoms. The number of para-hydroxylation sites is 1. The van der Waals surface area contributed by atoms with Gasteiger partial charge in [-0.3, -0.25) is 4.79 Å². The van der Waals surface area contributed by atoms with Crippen LogP contribution in [0.25, 0.3) is 10.9 Å². The van der Waals surface area contributed by atoms with Gasteiger partial charge in [0.2, 0.25) is 0 Å². The Morgan fingerprint density at radius 2 is 1.82 bits per heavy atom. The van der Waals surface area contributed by atoms with Gasteiger partial charge in [0.15, 0.2) is 11.5 Å². The largest absolute Gasteiger partial charge is 0.490 e. The number of H-pyrrole nitrogens is 1. The van der Waals surface area contributed by atoms with Crippen LogP contribution in [0.4, 0.5) is 0 Å². The first-order valence-corrected chi connectivity index (χ1v) is 10.5. The van der Waals surface area contributed by atoms with E-state index >= 15 is 0 Å². The van der Waals surface area contributed by atoms with Gasteiger partial charge in [0.1, 0.15) is 0 Å². The average molecular weight is 399 g/mol. The van der Waals surface area contributed by atoms with Gasteiger partial charge in [0.25, 0.3) is 5.91 Å². The maximum absolute atomic E-state index is 12.5. The third-order valence-corrected chi connectivity index (χ3v) is 5.50. The Morgan fingerprint density at radius 3 is 2.61 bits per heavy atom. The zero-order chi connectivity index (χ0) is 19.9. The molecule has 0 aliphatic rings. The highest BCUT2D eigenvalue weighted by Gasteiger charge is 2.12. The number of thioether (sulfide) groups is 1. The molecule has 3 aromatic rings. The Labute approximate surface area is 169 Å². The predicted molar refractivity (Wildman–Crippen MR) is 115 cm³/mol. The normalized spacial score (nSPS) is 10.8. The first-order valence-electron chi connectivity index (χ1n) is 9.52. The second-order valence-electron chi connectivity index (χ2n) is 6.26. The molecule has 0 aliphatic carbocycles. The van der Waals surface area contributed by atoms with Crippen molar-refractivity contribution in [2.24, 2.45) is 0 Å². The van der Waals surface area contributed by atoms with E-state index in [1.54, 1.807) is 30.0 Å².